The largest absolute Gasteiger partial charge is 0.443 e. The molecule has 0 bridgehead atoms. The number of likely N-dealkylation sites (N-methyl/N-ethyl adjacent to an activating group) is 1. The Balaban J connectivity index is 1.92. The Morgan fingerprint density at radius 3 is 3.00 bits per heavy atom. The summed E-state index contributed by atoms with van der Waals surface area (Å²) in [5.41, 5.74) is 0.229. The Labute approximate surface area is 133 Å². The van der Waals surface area contributed by atoms with Crippen molar-refractivity contribution in [1.82, 2.24) is 20.2 Å². The maximum atomic E-state index is 12.2. The number of carbonyl (C=O) groups excluding carboxylic acids is 1. The molecule has 21 heavy (non-hydrogen) atoms. The molecule has 1 atom stereocenters. The maximum Gasteiger partial charge on any atom is 0.410 e. The number of likely N-dealkylation sites (tertiary alicyclic amines) is 1. The molecule has 0 radical (unpaired) electrons. The summed E-state index contributed by atoms with van der Waals surface area (Å²) < 4.78 is 6.18. The Morgan fingerprint density at radius 1 is 1.62 bits per heavy atom. The second-order valence-corrected chi connectivity index (χ2v) is 6.55. The van der Waals surface area contributed by atoms with E-state index in [1.54, 1.807) is 11.1 Å². The minimum Gasteiger partial charge on any atom is -0.443 e. The number of rotatable bonds is 4. The fraction of sp³-hybridized carbons (Fsp3) is 0.643. The van der Waals surface area contributed by atoms with E-state index in [-0.39, 0.29) is 6.09 Å². The number of carbonyl (C=O) groups is 1. The van der Waals surface area contributed by atoms with Gasteiger partial charge in [0.15, 0.2) is 4.73 Å². The number of nitrogens with one attached hydrogen (secondary N) is 1. The quantitative estimate of drug-likeness (QED) is 0.835. The molecule has 0 aliphatic carbocycles. The molecule has 116 valence electrons. The van der Waals surface area contributed by atoms with Crippen molar-refractivity contribution >= 4 is 22.0 Å². The third kappa shape index (κ3) is 4.64. The molecule has 1 saturated heterocycles. The zero-order valence-electron chi connectivity index (χ0n) is 12.6. The lowest BCUT2D eigenvalue weighted by Crippen LogP contribution is -2.39. The first-order valence-electron chi connectivity index (χ1n) is 7.02. The van der Waals surface area contributed by atoms with Gasteiger partial charge in [-0.3, -0.25) is 0 Å². The second-order valence-electron chi connectivity index (χ2n) is 5.84. The van der Waals surface area contributed by atoms with Gasteiger partial charge in [-0.05, 0) is 49.3 Å². The molecule has 2 heterocycles. The van der Waals surface area contributed by atoms with E-state index in [4.69, 9.17) is 4.74 Å². The van der Waals surface area contributed by atoms with Crippen molar-refractivity contribution in [3.63, 3.8) is 0 Å². The van der Waals surface area contributed by atoms with Crippen molar-refractivity contribution in [3.8, 4) is 0 Å². The van der Waals surface area contributed by atoms with Gasteiger partial charge >= 0.3 is 6.09 Å². The molecule has 0 saturated carbocycles. The van der Waals surface area contributed by atoms with E-state index in [0.717, 1.165) is 18.7 Å². The summed E-state index contributed by atoms with van der Waals surface area (Å²) in [6.45, 7) is 5.23. The Bertz CT molecular complexity index is 510. The zero-order chi connectivity index (χ0) is 15.5. The van der Waals surface area contributed by atoms with Gasteiger partial charge in [-0.15, -0.1) is 0 Å². The van der Waals surface area contributed by atoms with Crippen molar-refractivity contribution in [2.45, 2.75) is 38.3 Å². The zero-order valence-corrected chi connectivity index (χ0v) is 14.2. The average molecular weight is 357 g/mol. The van der Waals surface area contributed by atoms with Gasteiger partial charge in [0.1, 0.15) is 5.60 Å². The van der Waals surface area contributed by atoms with Crippen LogP contribution in [0.2, 0.25) is 0 Å². The molecule has 0 aromatic carbocycles. The highest BCUT2D eigenvalue weighted by atomic mass is 79.9. The summed E-state index contributed by atoms with van der Waals surface area (Å²) in [7, 11) is 1.91. The van der Waals surface area contributed by atoms with Gasteiger partial charge in [0.05, 0.1) is 0 Å². The van der Waals surface area contributed by atoms with Crippen LogP contribution in [0.3, 0.4) is 0 Å². The minimum absolute atomic E-state index is 0.258. The average Bonchev–Trinajstić information content (AvgIpc) is 2.86. The molecule has 1 fully saturated rings. The Morgan fingerprint density at radius 2 is 2.38 bits per heavy atom. The van der Waals surface area contributed by atoms with Crippen LogP contribution in [0.5, 0.6) is 0 Å². The van der Waals surface area contributed by atoms with Gasteiger partial charge in [-0.25, -0.2) is 14.8 Å². The molecule has 7 heteroatoms. The smallest absolute Gasteiger partial charge is 0.410 e. The Kier molecular flexibility index (Phi) is 5.16. The summed E-state index contributed by atoms with van der Waals surface area (Å²) in [6, 6.07) is 2.19. The number of nitrogens with zero attached hydrogens (tertiary/aromatic N) is 3. The number of hydrogen-bond donors (Lipinski definition) is 1. The summed E-state index contributed by atoms with van der Waals surface area (Å²) in [4.78, 5) is 22.2. The maximum absolute atomic E-state index is 12.2. The summed E-state index contributed by atoms with van der Waals surface area (Å²) in [5.74, 6) is 0. The van der Waals surface area contributed by atoms with Crippen LogP contribution in [0.15, 0.2) is 17.0 Å². The number of ether oxygens (including phenoxy) is 1. The highest BCUT2D eigenvalue weighted by Gasteiger charge is 2.31. The van der Waals surface area contributed by atoms with Crippen LogP contribution < -0.4 is 5.32 Å². The van der Waals surface area contributed by atoms with E-state index in [9.17, 15) is 4.79 Å². The van der Waals surface area contributed by atoms with Gasteiger partial charge in [0.2, 0.25) is 0 Å². The van der Waals surface area contributed by atoms with Crippen LogP contribution in [-0.2, 0) is 11.2 Å². The third-order valence-electron chi connectivity index (χ3n) is 3.51. The lowest BCUT2D eigenvalue weighted by molar-refractivity contribution is 0.0170. The first-order chi connectivity index (χ1) is 9.89. The predicted octanol–water partition coefficient (Wildman–Crippen LogP) is 1.99. The van der Waals surface area contributed by atoms with Crippen LogP contribution in [0.25, 0.3) is 0 Å². The molecule has 2 rings (SSSR count). The Hall–Kier alpha value is -1.21. The fourth-order valence-electron chi connectivity index (χ4n) is 2.40. The number of hydrogen-bond acceptors (Lipinski definition) is 5. The molecule has 1 aromatic heterocycles. The molecule has 0 unspecified atom stereocenters. The van der Waals surface area contributed by atoms with Crippen LogP contribution in [0.1, 0.15) is 26.0 Å². The first kappa shape index (κ1) is 16.2. The topological polar surface area (TPSA) is 67.4 Å². The van der Waals surface area contributed by atoms with Crippen molar-refractivity contribution in [3.05, 3.63) is 22.7 Å². The van der Waals surface area contributed by atoms with Gasteiger partial charge < -0.3 is 15.0 Å². The molecule has 0 spiro atoms. The molecule has 1 aliphatic heterocycles. The van der Waals surface area contributed by atoms with E-state index in [2.05, 4.69) is 31.2 Å². The van der Waals surface area contributed by atoms with E-state index < -0.39 is 5.60 Å². The lowest BCUT2D eigenvalue weighted by atomic mass is 10.0. The lowest BCUT2D eigenvalue weighted by Gasteiger charge is -2.28. The van der Waals surface area contributed by atoms with Crippen LogP contribution in [-0.4, -0.2) is 52.7 Å². The van der Waals surface area contributed by atoms with Gasteiger partial charge in [0, 0.05) is 37.4 Å². The van der Waals surface area contributed by atoms with Crippen LogP contribution in [0, 0.1) is 0 Å². The van der Waals surface area contributed by atoms with Crippen molar-refractivity contribution < 1.29 is 9.53 Å². The monoisotopic (exact) mass is 356 g/mol. The van der Waals surface area contributed by atoms with Crippen molar-refractivity contribution in [2.24, 2.45) is 0 Å². The van der Waals surface area contributed by atoms with E-state index >= 15 is 0 Å². The number of aromatic nitrogens is 2. The van der Waals surface area contributed by atoms with E-state index in [0.29, 0.717) is 23.7 Å². The number of amides is 1. The van der Waals surface area contributed by atoms with E-state index in [1.807, 2.05) is 27.0 Å². The molecular formula is C14H21BrN4O2. The minimum atomic E-state index is -0.609. The highest BCUT2D eigenvalue weighted by Crippen LogP contribution is 2.20. The molecule has 6 nitrogen and oxygen atoms in total. The third-order valence-corrected chi connectivity index (χ3v) is 3.89. The summed E-state index contributed by atoms with van der Waals surface area (Å²) in [6.07, 6.45) is 2.93. The number of halogens is 1. The van der Waals surface area contributed by atoms with Gasteiger partial charge in [-0.2, -0.15) is 0 Å². The molecule has 1 N–H and O–H groups in total. The second kappa shape index (κ2) is 6.70. The summed E-state index contributed by atoms with van der Waals surface area (Å²) >= 11 is 3.24. The fourth-order valence-corrected chi connectivity index (χ4v) is 2.75. The summed E-state index contributed by atoms with van der Waals surface area (Å²) in [5, 5.41) is 3.19. The first-order valence-corrected chi connectivity index (χ1v) is 7.81. The van der Waals surface area contributed by atoms with Gasteiger partial charge in [0.25, 0.3) is 0 Å². The molecular weight excluding hydrogens is 336 g/mol. The normalized spacial score (nSPS) is 18.9. The SMILES string of the molecule is CN[C@H]1CCN(C(=O)OC(C)(C)Cc2ccnc(Br)n2)C1. The standard InChI is InChI=1S/C14H21BrN4O2/c1-14(2,8-10-4-6-17-12(15)18-10)21-13(20)19-7-5-11(9-19)16-3/h4,6,11,16H,5,7-9H2,1-3H3/t11-/m0/s1. The van der Waals surface area contributed by atoms with Crippen LogP contribution in [0.4, 0.5) is 4.79 Å². The van der Waals surface area contributed by atoms with Crippen LogP contribution >= 0.6 is 15.9 Å². The van der Waals surface area contributed by atoms with E-state index in [1.165, 1.54) is 0 Å². The van der Waals surface area contributed by atoms with Gasteiger partial charge in [-0.1, -0.05) is 0 Å². The molecule has 1 aromatic rings. The van der Waals surface area contributed by atoms with Crippen molar-refractivity contribution in [1.29, 1.82) is 0 Å². The highest BCUT2D eigenvalue weighted by molar-refractivity contribution is 9.10. The molecule has 1 amide bonds. The molecule has 1 aliphatic rings. The van der Waals surface area contributed by atoms with Crippen molar-refractivity contribution in [2.75, 3.05) is 20.1 Å². The predicted molar refractivity (Wildman–Crippen MR) is 83.0 cm³/mol.